The van der Waals surface area contributed by atoms with Gasteiger partial charge >= 0.3 is 0 Å². The van der Waals surface area contributed by atoms with Crippen LogP contribution in [0, 0.1) is 17.3 Å². The van der Waals surface area contributed by atoms with Gasteiger partial charge in [0.15, 0.2) is 0 Å². The molecule has 19 heavy (non-hydrogen) atoms. The molecule has 0 amide bonds. The van der Waals surface area contributed by atoms with Crippen molar-refractivity contribution >= 4 is 0 Å². The van der Waals surface area contributed by atoms with Gasteiger partial charge in [0, 0.05) is 31.2 Å². The van der Waals surface area contributed by atoms with Crippen LogP contribution in [0.1, 0.15) is 59.8 Å². The molecule has 1 N–H and O–H groups in total. The van der Waals surface area contributed by atoms with E-state index in [2.05, 4.69) is 37.9 Å². The molecule has 2 aliphatic carbocycles. The highest BCUT2D eigenvalue weighted by Gasteiger charge is 2.51. The minimum absolute atomic E-state index is 0.402. The number of hydrogen-bond donors (Lipinski definition) is 1. The van der Waals surface area contributed by atoms with Crippen LogP contribution in [-0.2, 0) is 0 Å². The predicted molar refractivity (Wildman–Crippen MR) is 81.3 cm³/mol. The van der Waals surface area contributed by atoms with Crippen LogP contribution in [0.15, 0.2) is 0 Å². The maximum atomic E-state index is 3.88. The third-order valence-corrected chi connectivity index (χ3v) is 6.37. The highest BCUT2D eigenvalue weighted by molar-refractivity contribution is 5.06. The second kappa shape index (κ2) is 4.73. The van der Waals surface area contributed by atoms with Crippen LogP contribution < -0.4 is 5.32 Å². The summed E-state index contributed by atoms with van der Waals surface area (Å²) < 4.78 is 0. The largest absolute Gasteiger partial charge is 0.308 e. The van der Waals surface area contributed by atoms with Gasteiger partial charge in [-0.3, -0.25) is 4.90 Å². The van der Waals surface area contributed by atoms with Crippen molar-refractivity contribution in [1.29, 1.82) is 0 Å². The standard InChI is InChI=1S/C17H32N2/c1-5-15-10-18-16(4,14-6-7-14)11-19(15)12-17(8-9-17)13(2)3/h13-15,18H,5-12H2,1-4H3. The van der Waals surface area contributed by atoms with Gasteiger partial charge in [0.1, 0.15) is 0 Å². The molecule has 2 saturated carbocycles. The van der Waals surface area contributed by atoms with Crippen molar-refractivity contribution in [3.63, 3.8) is 0 Å². The summed E-state index contributed by atoms with van der Waals surface area (Å²) in [7, 11) is 0. The summed E-state index contributed by atoms with van der Waals surface area (Å²) in [5.74, 6) is 1.80. The summed E-state index contributed by atoms with van der Waals surface area (Å²) in [4.78, 5) is 2.85. The quantitative estimate of drug-likeness (QED) is 0.820. The minimum Gasteiger partial charge on any atom is -0.308 e. The van der Waals surface area contributed by atoms with Gasteiger partial charge in [-0.1, -0.05) is 20.8 Å². The lowest BCUT2D eigenvalue weighted by Crippen LogP contribution is -2.64. The average Bonchev–Trinajstić information content (AvgIpc) is 3.23. The van der Waals surface area contributed by atoms with Crippen LogP contribution in [-0.4, -0.2) is 36.1 Å². The van der Waals surface area contributed by atoms with Crippen molar-refractivity contribution in [1.82, 2.24) is 10.2 Å². The number of nitrogens with zero attached hydrogens (tertiary/aromatic N) is 1. The van der Waals surface area contributed by atoms with Gasteiger partial charge in [-0.05, 0) is 56.3 Å². The molecule has 1 saturated heterocycles. The van der Waals surface area contributed by atoms with Gasteiger partial charge in [0.05, 0.1) is 0 Å². The maximum Gasteiger partial charge on any atom is 0.0309 e. The molecule has 0 aromatic rings. The van der Waals surface area contributed by atoms with E-state index in [-0.39, 0.29) is 0 Å². The third-order valence-electron chi connectivity index (χ3n) is 6.37. The van der Waals surface area contributed by atoms with E-state index >= 15 is 0 Å². The zero-order chi connectivity index (χ0) is 13.7. The second-order valence-electron chi connectivity index (χ2n) is 8.06. The van der Waals surface area contributed by atoms with Crippen molar-refractivity contribution in [3.05, 3.63) is 0 Å². The van der Waals surface area contributed by atoms with Crippen LogP contribution in [0.25, 0.3) is 0 Å². The number of nitrogens with one attached hydrogen (secondary N) is 1. The smallest absolute Gasteiger partial charge is 0.0309 e. The van der Waals surface area contributed by atoms with E-state index in [0.717, 1.165) is 17.9 Å². The Morgan fingerprint density at radius 2 is 1.95 bits per heavy atom. The summed E-state index contributed by atoms with van der Waals surface area (Å²) >= 11 is 0. The Labute approximate surface area is 119 Å². The van der Waals surface area contributed by atoms with E-state index in [1.165, 1.54) is 51.7 Å². The van der Waals surface area contributed by atoms with Crippen LogP contribution in [0.2, 0.25) is 0 Å². The van der Waals surface area contributed by atoms with Gasteiger partial charge in [0.2, 0.25) is 0 Å². The van der Waals surface area contributed by atoms with Crippen LogP contribution in [0.3, 0.4) is 0 Å². The molecule has 2 unspecified atom stereocenters. The van der Waals surface area contributed by atoms with Gasteiger partial charge in [-0.2, -0.15) is 0 Å². The molecule has 3 fully saturated rings. The van der Waals surface area contributed by atoms with Crippen molar-refractivity contribution in [2.24, 2.45) is 17.3 Å². The number of piperazine rings is 1. The van der Waals surface area contributed by atoms with E-state index < -0.39 is 0 Å². The molecule has 110 valence electrons. The summed E-state index contributed by atoms with van der Waals surface area (Å²) in [5.41, 5.74) is 1.06. The highest BCUT2D eigenvalue weighted by atomic mass is 15.3. The molecular formula is C17H32N2. The van der Waals surface area contributed by atoms with E-state index in [4.69, 9.17) is 0 Å². The average molecular weight is 264 g/mol. The Bertz CT molecular complexity index is 328. The van der Waals surface area contributed by atoms with Crippen molar-refractivity contribution < 1.29 is 0 Å². The summed E-state index contributed by atoms with van der Waals surface area (Å²) in [6, 6.07) is 0.767. The van der Waals surface area contributed by atoms with Gasteiger partial charge < -0.3 is 5.32 Å². The monoisotopic (exact) mass is 264 g/mol. The first kappa shape index (κ1) is 13.9. The molecule has 1 heterocycles. The van der Waals surface area contributed by atoms with Crippen molar-refractivity contribution in [3.8, 4) is 0 Å². The molecule has 0 spiro atoms. The summed E-state index contributed by atoms with van der Waals surface area (Å²) in [5, 5.41) is 3.88. The van der Waals surface area contributed by atoms with E-state index in [1.807, 2.05) is 0 Å². The topological polar surface area (TPSA) is 15.3 Å². The molecule has 2 nitrogen and oxygen atoms in total. The zero-order valence-corrected chi connectivity index (χ0v) is 13.3. The zero-order valence-electron chi connectivity index (χ0n) is 13.3. The first-order valence-electron chi connectivity index (χ1n) is 8.48. The van der Waals surface area contributed by atoms with Crippen LogP contribution in [0.5, 0.6) is 0 Å². The van der Waals surface area contributed by atoms with Crippen molar-refractivity contribution in [2.45, 2.75) is 71.4 Å². The van der Waals surface area contributed by atoms with E-state index in [1.54, 1.807) is 0 Å². The number of rotatable bonds is 5. The molecule has 0 bridgehead atoms. The van der Waals surface area contributed by atoms with E-state index in [9.17, 15) is 0 Å². The van der Waals surface area contributed by atoms with Gasteiger partial charge in [-0.15, -0.1) is 0 Å². The lowest BCUT2D eigenvalue weighted by Gasteiger charge is -2.48. The lowest BCUT2D eigenvalue weighted by atomic mass is 9.86. The Hall–Kier alpha value is -0.0800. The SMILES string of the molecule is CCC1CNC(C)(C2CC2)CN1CC1(C(C)C)CC1. The molecular weight excluding hydrogens is 232 g/mol. The Morgan fingerprint density at radius 1 is 1.26 bits per heavy atom. The fraction of sp³-hybridized carbons (Fsp3) is 1.00. The summed E-state index contributed by atoms with van der Waals surface area (Å²) in [6.45, 7) is 13.5. The summed E-state index contributed by atoms with van der Waals surface area (Å²) in [6.07, 6.45) is 7.12. The Morgan fingerprint density at radius 3 is 2.42 bits per heavy atom. The molecule has 2 atom stereocenters. The van der Waals surface area contributed by atoms with Crippen LogP contribution in [0.4, 0.5) is 0 Å². The Balaban J connectivity index is 1.69. The fourth-order valence-electron chi connectivity index (χ4n) is 4.15. The maximum absolute atomic E-state index is 3.88. The first-order chi connectivity index (χ1) is 8.99. The second-order valence-corrected chi connectivity index (χ2v) is 8.06. The first-order valence-corrected chi connectivity index (χ1v) is 8.48. The molecule has 0 radical (unpaired) electrons. The normalized spacial score (nSPS) is 38.7. The molecule has 0 aromatic carbocycles. The van der Waals surface area contributed by atoms with Gasteiger partial charge in [-0.25, -0.2) is 0 Å². The highest BCUT2D eigenvalue weighted by Crippen LogP contribution is 2.53. The third kappa shape index (κ3) is 2.58. The Kier molecular flexibility index (Phi) is 3.46. The molecule has 3 aliphatic rings. The number of hydrogen-bond acceptors (Lipinski definition) is 2. The lowest BCUT2D eigenvalue weighted by molar-refractivity contribution is 0.0469. The van der Waals surface area contributed by atoms with Crippen molar-refractivity contribution in [2.75, 3.05) is 19.6 Å². The molecule has 1 aliphatic heterocycles. The van der Waals surface area contributed by atoms with E-state index in [0.29, 0.717) is 11.0 Å². The van der Waals surface area contributed by atoms with Gasteiger partial charge in [0.25, 0.3) is 0 Å². The molecule has 2 heteroatoms. The molecule has 3 rings (SSSR count). The predicted octanol–water partition coefficient (Wildman–Crippen LogP) is 3.28. The molecule has 0 aromatic heterocycles. The fourth-order valence-corrected chi connectivity index (χ4v) is 4.15. The minimum atomic E-state index is 0.402. The van der Waals surface area contributed by atoms with Crippen LogP contribution >= 0.6 is 0 Å².